The molecule has 194 valence electrons. The molecule has 1 saturated heterocycles. The molecule has 0 bridgehead atoms. The highest BCUT2D eigenvalue weighted by Gasteiger charge is 2.21. The molecule has 0 saturated carbocycles. The lowest BCUT2D eigenvalue weighted by atomic mass is 10.1. The fourth-order valence-corrected chi connectivity index (χ4v) is 5.67. The zero-order chi connectivity index (χ0) is 26.1. The number of nitrogens with one attached hydrogen (secondary N) is 1. The van der Waals surface area contributed by atoms with Gasteiger partial charge in [-0.05, 0) is 42.2 Å². The number of rotatable bonds is 10. The number of benzene rings is 3. The number of sulfonamides is 1. The Morgan fingerprint density at radius 2 is 1.51 bits per heavy atom. The second kappa shape index (κ2) is 12.8. The number of aryl methyl sites for hydroxylation is 1. The third kappa shape index (κ3) is 7.86. The first-order chi connectivity index (χ1) is 17.9. The molecule has 1 amide bonds. The lowest BCUT2D eigenvalue weighted by molar-refractivity contribution is -0.132. The predicted molar refractivity (Wildman–Crippen MR) is 148 cm³/mol. The second-order valence-electron chi connectivity index (χ2n) is 9.39. The summed E-state index contributed by atoms with van der Waals surface area (Å²) in [6.07, 6.45) is 5.32. The van der Waals surface area contributed by atoms with Gasteiger partial charge in [0.2, 0.25) is 15.9 Å². The van der Waals surface area contributed by atoms with Gasteiger partial charge in [-0.25, -0.2) is 13.1 Å². The van der Waals surface area contributed by atoms with Crippen molar-refractivity contribution in [1.29, 1.82) is 0 Å². The van der Waals surface area contributed by atoms with Crippen molar-refractivity contribution in [1.82, 2.24) is 14.5 Å². The third-order valence-electron chi connectivity index (χ3n) is 6.69. The molecule has 4 rings (SSSR count). The van der Waals surface area contributed by atoms with Crippen LogP contribution in [0.5, 0.6) is 0 Å². The molecule has 6 nitrogen and oxygen atoms in total. The van der Waals surface area contributed by atoms with Crippen LogP contribution >= 0.6 is 0 Å². The standard InChI is InChI=1S/C30H35N3O3S/c1-25(28-12-6-3-7-13-28)31-37(35,36)29-17-14-27(15-18-29)16-19-30(34)33-23-21-32(22-24-33)20-8-11-26-9-4-2-5-10-26/h2-15,17-18,25,31H,16,19-24H2,1H3/b11-8+/t25-/m0/s1. The summed E-state index contributed by atoms with van der Waals surface area (Å²) in [6, 6.07) is 26.2. The van der Waals surface area contributed by atoms with E-state index in [9.17, 15) is 13.2 Å². The minimum absolute atomic E-state index is 0.148. The van der Waals surface area contributed by atoms with Crippen LogP contribution in [0.1, 0.15) is 36.1 Å². The van der Waals surface area contributed by atoms with Crippen molar-refractivity contribution in [3.8, 4) is 0 Å². The number of nitrogens with zero attached hydrogens (tertiary/aromatic N) is 2. The summed E-state index contributed by atoms with van der Waals surface area (Å²) in [5.74, 6) is 0.148. The van der Waals surface area contributed by atoms with Crippen molar-refractivity contribution in [3.05, 3.63) is 108 Å². The van der Waals surface area contributed by atoms with E-state index in [0.29, 0.717) is 12.8 Å². The summed E-state index contributed by atoms with van der Waals surface area (Å²) in [7, 11) is -3.64. The van der Waals surface area contributed by atoms with Crippen LogP contribution < -0.4 is 4.72 Å². The van der Waals surface area contributed by atoms with Gasteiger partial charge in [0.15, 0.2) is 0 Å². The zero-order valence-electron chi connectivity index (χ0n) is 21.3. The van der Waals surface area contributed by atoms with Crippen molar-refractivity contribution >= 4 is 22.0 Å². The second-order valence-corrected chi connectivity index (χ2v) is 11.1. The summed E-state index contributed by atoms with van der Waals surface area (Å²) in [6.45, 7) is 5.91. The number of hydrogen-bond donors (Lipinski definition) is 1. The van der Waals surface area contributed by atoms with Gasteiger partial charge in [-0.15, -0.1) is 0 Å². The Labute approximate surface area is 220 Å². The maximum Gasteiger partial charge on any atom is 0.241 e. The van der Waals surface area contributed by atoms with Gasteiger partial charge >= 0.3 is 0 Å². The van der Waals surface area contributed by atoms with E-state index in [1.54, 1.807) is 24.3 Å². The molecule has 0 aromatic heterocycles. The Bertz CT molecular complexity index is 1270. The average molecular weight is 518 g/mol. The van der Waals surface area contributed by atoms with Crippen LogP contribution in [0, 0.1) is 0 Å². The maximum absolute atomic E-state index is 12.8. The zero-order valence-corrected chi connectivity index (χ0v) is 22.1. The highest BCUT2D eigenvalue weighted by atomic mass is 32.2. The lowest BCUT2D eigenvalue weighted by Crippen LogP contribution is -2.48. The first kappa shape index (κ1) is 26.8. The van der Waals surface area contributed by atoms with E-state index >= 15 is 0 Å². The molecule has 1 N–H and O–H groups in total. The molecule has 1 fully saturated rings. The lowest BCUT2D eigenvalue weighted by Gasteiger charge is -2.34. The van der Waals surface area contributed by atoms with Crippen LogP contribution in [-0.4, -0.2) is 56.8 Å². The number of hydrogen-bond acceptors (Lipinski definition) is 4. The molecule has 37 heavy (non-hydrogen) atoms. The van der Waals surface area contributed by atoms with E-state index in [0.717, 1.165) is 43.9 Å². The van der Waals surface area contributed by atoms with Crippen LogP contribution in [0.3, 0.4) is 0 Å². The van der Waals surface area contributed by atoms with E-state index in [2.05, 4.69) is 33.9 Å². The molecule has 7 heteroatoms. The van der Waals surface area contributed by atoms with Crippen LogP contribution in [-0.2, 0) is 21.2 Å². The van der Waals surface area contributed by atoms with E-state index in [4.69, 9.17) is 0 Å². The van der Waals surface area contributed by atoms with Crippen molar-refractivity contribution < 1.29 is 13.2 Å². The highest BCUT2D eigenvalue weighted by molar-refractivity contribution is 7.89. The molecule has 1 atom stereocenters. The molecule has 3 aromatic carbocycles. The van der Waals surface area contributed by atoms with Crippen molar-refractivity contribution in [2.75, 3.05) is 32.7 Å². The maximum atomic E-state index is 12.8. The Hall–Kier alpha value is -3.26. The van der Waals surface area contributed by atoms with Crippen LogP contribution in [0.4, 0.5) is 0 Å². The van der Waals surface area contributed by atoms with E-state index in [-0.39, 0.29) is 16.8 Å². The van der Waals surface area contributed by atoms with Gasteiger partial charge in [-0.3, -0.25) is 9.69 Å². The van der Waals surface area contributed by atoms with Crippen molar-refractivity contribution in [2.24, 2.45) is 0 Å². The van der Waals surface area contributed by atoms with Crippen LogP contribution in [0.2, 0.25) is 0 Å². The van der Waals surface area contributed by atoms with E-state index < -0.39 is 10.0 Å². The molecule has 3 aromatic rings. The van der Waals surface area contributed by atoms with Crippen LogP contribution in [0.25, 0.3) is 6.08 Å². The minimum atomic E-state index is -3.64. The minimum Gasteiger partial charge on any atom is -0.340 e. The summed E-state index contributed by atoms with van der Waals surface area (Å²) in [5.41, 5.74) is 3.05. The van der Waals surface area contributed by atoms with Gasteiger partial charge in [-0.1, -0.05) is 84.9 Å². The molecule has 0 unspecified atom stereocenters. The topological polar surface area (TPSA) is 69.7 Å². The van der Waals surface area contributed by atoms with E-state index in [1.807, 2.05) is 60.4 Å². The summed E-state index contributed by atoms with van der Waals surface area (Å²) in [5, 5.41) is 0. The molecule has 0 spiro atoms. The summed E-state index contributed by atoms with van der Waals surface area (Å²) in [4.78, 5) is 17.3. The van der Waals surface area contributed by atoms with Gasteiger partial charge < -0.3 is 4.90 Å². The number of piperazine rings is 1. The molecular weight excluding hydrogens is 482 g/mol. The first-order valence-electron chi connectivity index (χ1n) is 12.8. The predicted octanol–water partition coefficient (Wildman–Crippen LogP) is 4.52. The van der Waals surface area contributed by atoms with Crippen molar-refractivity contribution in [3.63, 3.8) is 0 Å². The Kier molecular flexibility index (Phi) is 9.28. The Balaban J connectivity index is 1.21. The van der Waals surface area contributed by atoms with Gasteiger partial charge in [0.05, 0.1) is 4.90 Å². The molecule has 1 aliphatic rings. The molecular formula is C30H35N3O3S. The smallest absolute Gasteiger partial charge is 0.241 e. The highest BCUT2D eigenvalue weighted by Crippen LogP contribution is 2.18. The fraction of sp³-hybridized carbons (Fsp3) is 0.300. The molecule has 1 aliphatic heterocycles. The molecule has 1 heterocycles. The molecule has 0 radical (unpaired) electrons. The van der Waals surface area contributed by atoms with Crippen molar-refractivity contribution in [2.45, 2.75) is 30.7 Å². The summed E-state index contributed by atoms with van der Waals surface area (Å²) < 4.78 is 28.3. The quantitative estimate of drug-likeness (QED) is 0.430. The van der Waals surface area contributed by atoms with E-state index in [1.165, 1.54) is 5.56 Å². The largest absolute Gasteiger partial charge is 0.340 e. The summed E-state index contributed by atoms with van der Waals surface area (Å²) >= 11 is 0. The van der Waals surface area contributed by atoms with Gasteiger partial charge in [0, 0.05) is 45.2 Å². The van der Waals surface area contributed by atoms with Gasteiger partial charge in [0.25, 0.3) is 0 Å². The normalized spacial score (nSPS) is 15.6. The number of carbonyl (C=O) groups excluding carboxylic acids is 1. The first-order valence-corrected chi connectivity index (χ1v) is 14.3. The SMILES string of the molecule is C[C@H](NS(=O)(=O)c1ccc(CCC(=O)N2CCN(C/C=C/c3ccccc3)CC2)cc1)c1ccccc1. The number of carbonyl (C=O) groups is 1. The monoisotopic (exact) mass is 517 g/mol. The third-order valence-corrected chi connectivity index (χ3v) is 8.25. The fourth-order valence-electron chi connectivity index (χ4n) is 4.44. The Morgan fingerprint density at radius 1 is 0.892 bits per heavy atom. The van der Waals surface area contributed by atoms with Crippen LogP contribution in [0.15, 0.2) is 95.9 Å². The number of amides is 1. The Morgan fingerprint density at radius 3 is 2.16 bits per heavy atom. The average Bonchev–Trinajstić information content (AvgIpc) is 2.93. The van der Waals surface area contributed by atoms with Gasteiger partial charge in [0.1, 0.15) is 0 Å². The molecule has 0 aliphatic carbocycles. The van der Waals surface area contributed by atoms with Gasteiger partial charge in [-0.2, -0.15) is 0 Å².